The molecule has 2 rings (SSSR count). The van der Waals surface area contributed by atoms with Gasteiger partial charge in [-0.3, -0.25) is 0 Å². The third-order valence-corrected chi connectivity index (χ3v) is 3.56. The van der Waals surface area contributed by atoms with Gasteiger partial charge in [0.25, 0.3) is 0 Å². The van der Waals surface area contributed by atoms with E-state index in [-0.39, 0.29) is 5.82 Å². The molecule has 0 aliphatic heterocycles. The van der Waals surface area contributed by atoms with Crippen LogP contribution in [0.5, 0.6) is 17.2 Å². The maximum absolute atomic E-state index is 12.9. The molecule has 2 aromatic carbocycles. The molecule has 0 unspecified atom stereocenters. The van der Waals surface area contributed by atoms with Gasteiger partial charge in [0.1, 0.15) is 5.82 Å². The van der Waals surface area contributed by atoms with E-state index in [0.29, 0.717) is 23.8 Å². The van der Waals surface area contributed by atoms with E-state index in [4.69, 9.17) is 14.2 Å². The van der Waals surface area contributed by atoms with Crippen LogP contribution in [0.2, 0.25) is 0 Å². The number of nitrogens with one attached hydrogen (secondary N) is 1. The molecule has 0 atom stereocenters. The maximum Gasteiger partial charge on any atom is 0.203 e. The van der Waals surface area contributed by atoms with E-state index < -0.39 is 0 Å². The third-order valence-electron chi connectivity index (χ3n) is 3.56. The molecule has 0 amide bonds. The maximum atomic E-state index is 12.9. The second kappa shape index (κ2) is 8.39. The first-order valence-electron chi connectivity index (χ1n) is 7.42. The van der Waals surface area contributed by atoms with E-state index >= 15 is 0 Å². The van der Waals surface area contributed by atoms with Crippen molar-refractivity contribution in [2.45, 2.75) is 13.0 Å². The minimum atomic E-state index is -0.209. The Balaban J connectivity index is 1.93. The Kier molecular flexibility index (Phi) is 6.23. The smallest absolute Gasteiger partial charge is 0.203 e. The Morgan fingerprint density at radius 2 is 1.48 bits per heavy atom. The van der Waals surface area contributed by atoms with E-state index in [1.54, 1.807) is 33.5 Å². The van der Waals surface area contributed by atoms with Crippen molar-refractivity contribution in [3.63, 3.8) is 0 Å². The van der Waals surface area contributed by atoms with Gasteiger partial charge in [-0.25, -0.2) is 4.39 Å². The molecule has 2 aromatic rings. The number of benzene rings is 2. The molecular formula is C18H22FNO3. The van der Waals surface area contributed by atoms with Crippen LogP contribution in [0.1, 0.15) is 11.1 Å². The molecule has 4 nitrogen and oxygen atoms in total. The Bertz CT molecular complexity index is 604. The van der Waals surface area contributed by atoms with Crippen LogP contribution in [0.15, 0.2) is 36.4 Å². The average molecular weight is 319 g/mol. The van der Waals surface area contributed by atoms with E-state index in [2.05, 4.69) is 5.32 Å². The van der Waals surface area contributed by atoms with Crippen molar-refractivity contribution in [2.24, 2.45) is 0 Å². The highest BCUT2D eigenvalue weighted by atomic mass is 19.1. The van der Waals surface area contributed by atoms with Crippen molar-refractivity contribution in [3.05, 3.63) is 53.3 Å². The van der Waals surface area contributed by atoms with Crippen LogP contribution in [-0.4, -0.2) is 27.9 Å². The monoisotopic (exact) mass is 319 g/mol. The summed E-state index contributed by atoms with van der Waals surface area (Å²) >= 11 is 0. The zero-order chi connectivity index (χ0) is 16.7. The zero-order valence-corrected chi connectivity index (χ0v) is 13.7. The van der Waals surface area contributed by atoms with Crippen LogP contribution in [-0.2, 0) is 13.0 Å². The predicted octanol–water partition coefficient (Wildman–Crippen LogP) is 3.18. The van der Waals surface area contributed by atoms with Crippen molar-refractivity contribution in [1.29, 1.82) is 0 Å². The van der Waals surface area contributed by atoms with Crippen molar-refractivity contribution < 1.29 is 18.6 Å². The van der Waals surface area contributed by atoms with E-state index in [0.717, 1.165) is 24.1 Å². The number of methoxy groups -OCH3 is 3. The normalized spacial score (nSPS) is 10.4. The summed E-state index contributed by atoms with van der Waals surface area (Å²) in [6, 6.07) is 10.4. The number of rotatable bonds is 8. The van der Waals surface area contributed by atoms with Crippen molar-refractivity contribution in [1.82, 2.24) is 5.32 Å². The van der Waals surface area contributed by atoms with Gasteiger partial charge in [0.05, 0.1) is 21.3 Å². The number of hydrogen-bond donors (Lipinski definition) is 1. The molecule has 0 radical (unpaired) electrons. The minimum absolute atomic E-state index is 0.209. The molecule has 0 saturated heterocycles. The van der Waals surface area contributed by atoms with Crippen molar-refractivity contribution in [2.75, 3.05) is 27.9 Å². The summed E-state index contributed by atoms with van der Waals surface area (Å²) < 4.78 is 28.8. The van der Waals surface area contributed by atoms with E-state index in [9.17, 15) is 4.39 Å². The second-order valence-electron chi connectivity index (χ2n) is 5.09. The summed E-state index contributed by atoms with van der Waals surface area (Å²) in [6.45, 7) is 1.47. The van der Waals surface area contributed by atoms with Gasteiger partial charge in [-0.05, 0) is 48.4 Å². The van der Waals surface area contributed by atoms with Gasteiger partial charge in [-0.2, -0.15) is 0 Å². The fourth-order valence-electron chi connectivity index (χ4n) is 2.35. The molecule has 124 valence electrons. The molecule has 23 heavy (non-hydrogen) atoms. The highest BCUT2D eigenvalue weighted by Gasteiger charge is 2.12. The summed E-state index contributed by atoms with van der Waals surface area (Å²) in [6.07, 6.45) is 0.838. The molecule has 0 spiro atoms. The molecule has 0 aliphatic rings. The predicted molar refractivity (Wildman–Crippen MR) is 87.9 cm³/mol. The lowest BCUT2D eigenvalue weighted by Gasteiger charge is -2.14. The summed E-state index contributed by atoms with van der Waals surface area (Å²) in [7, 11) is 4.78. The Hall–Kier alpha value is -2.27. The van der Waals surface area contributed by atoms with Crippen LogP contribution < -0.4 is 19.5 Å². The summed E-state index contributed by atoms with van der Waals surface area (Å²) in [5.41, 5.74) is 2.14. The van der Waals surface area contributed by atoms with Crippen LogP contribution in [0.25, 0.3) is 0 Å². The molecule has 0 heterocycles. The fourth-order valence-corrected chi connectivity index (χ4v) is 2.35. The highest BCUT2D eigenvalue weighted by Crippen LogP contribution is 2.38. The number of halogens is 1. The fraction of sp³-hybridized carbons (Fsp3) is 0.333. The van der Waals surface area contributed by atoms with Crippen LogP contribution in [0.4, 0.5) is 4.39 Å². The molecule has 0 fully saturated rings. The topological polar surface area (TPSA) is 39.7 Å². The lowest BCUT2D eigenvalue weighted by atomic mass is 10.1. The number of ether oxygens (including phenoxy) is 3. The quantitative estimate of drug-likeness (QED) is 0.759. The first-order valence-corrected chi connectivity index (χ1v) is 7.42. The van der Waals surface area contributed by atoms with Gasteiger partial charge in [0.15, 0.2) is 11.5 Å². The van der Waals surface area contributed by atoms with Gasteiger partial charge in [-0.15, -0.1) is 0 Å². The first-order chi connectivity index (χ1) is 11.2. The standard InChI is InChI=1S/C18H22FNO3/c1-21-16-10-14(11-17(22-2)18(16)23-3)12-20-9-8-13-4-6-15(19)7-5-13/h4-7,10-11,20H,8-9,12H2,1-3H3. The lowest BCUT2D eigenvalue weighted by molar-refractivity contribution is 0.323. The third kappa shape index (κ3) is 4.60. The molecule has 0 aliphatic carbocycles. The molecule has 0 saturated carbocycles. The average Bonchev–Trinajstić information content (AvgIpc) is 2.59. The molecule has 5 heteroatoms. The minimum Gasteiger partial charge on any atom is -0.493 e. The molecule has 0 aromatic heterocycles. The molecule has 0 bridgehead atoms. The van der Waals surface area contributed by atoms with Crippen molar-refractivity contribution >= 4 is 0 Å². The van der Waals surface area contributed by atoms with Gasteiger partial charge >= 0.3 is 0 Å². The summed E-state index contributed by atoms with van der Waals surface area (Å²) in [5, 5.41) is 3.36. The highest BCUT2D eigenvalue weighted by molar-refractivity contribution is 5.53. The van der Waals surface area contributed by atoms with Gasteiger partial charge in [0.2, 0.25) is 5.75 Å². The van der Waals surface area contributed by atoms with Crippen LogP contribution in [0.3, 0.4) is 0 Å². The zero-order valence-electron chi connectivity index (χ0n) is 13.7. The molecule has 1 N–H and O–H groups in total. The number of hydrogen-bond acceptors (Lipinski definition) is 4. The van der Waals surface area contributed by atoms with Gasteiger partial charge in [-0.1, -0.05) is 12.1 Å². The van der Waals surface area contributed by atoms with Crippen LogP contribution in [0, 0.1) is 5.82 Å². The van der Waals surface area contributed by atoms with E-state index in [1.165, 1.54) is 12.1 Å². The Labute approximate surface area is 136 Å². The largest absolute Gasteiger partial charge is 0.493 e. The summed E-state index contributed by atoms with van der Waals surface area (Å²) in [5.74, 6) is 1.66. The lowest BCUT2D eigenvalue weighted by Crippen LogP contribution is -2.16. The summed E-state index contributed by atoms with van der Waals surface area (Å²) in [4.78, 5) is 0. The van der Waals surface area contributed by atoms with Crippen molar-refractivity contribution in [3.8, 4) is 17.2 Å². The second-order valence-corrected chi connectivity index (χ2v) is 5.09. The first kappa shape index (κ1) is 17.1. The van der Waals surface area contributed by atoms with Crippen LogP contribution >= 0.6 is 0 Å². The SMILES string of the molecule is COc1cc(CNCCc2ccc(F)cc2)cc(OC)c1OC. The van der Waals surface area contributed by atoms with Gasteiger partial charge in [0, 0.05) is 6.54 Å². The Morgan fingerprint density at radius 3 is 2.00 bits per heavy atom. The van der Waals surface area contributed by atoms with Gasteiger partial charge < -0.3 is 19.5 Å². The molecular weight excluding hydrogens is 297 g/mol. The van der Waals surface area contributed by atoms with E-state index in [1.807, 2.05) is 12.1 Å². The Morgan fingerprint density at radius 1 is 0.870 bits per heavy atom.